The van der Waals surface area contributed by atoms with E-state index in [2.05, 4.69) is 5.32 Å². The van der Waals surface area contributed by atoms with E-state index in [9.17, 15) is 19.2 Å². The van der Waals surface area contributed by atoms with Gasteiger partial charge in [-0.1, -0.05) is 13.8 Å². The lowest BCUT2D eigenvalue weighted by atomic mass is 10.00. The third-order valence-corrected chi connectivity index (χ3v) is 4.84. The predicted octanol–water partition coefficient (Wildman–Crippen LogP) is 0.330. The molecule has 2 aliphatic rings. The Morgan fingerprint density at radius 1 is 1.00 bits per heavy atom. The molecule has 2 rings (SSSR count). The molecule has 0 saturated carbocycles. The van der Waals surface area contributed by atoms with Crippen molar-refractivity contribution < 1.29 is 19.2 Å². The van der Waals surface area contributed by atoms with E-state index in [1.807, 2.05) is 13.8 Å². The summed E-state index contributed by atoms with van der Waals surface area (Å²) in [4.78, 5) is 51.5. The Morgan fingerprint density at radius 3 is 2.17 bits per heavy atom. The quantitative estimate of drug-likeness (QED) is 0.783. The van der Waals surface area contributed by atoms with Crippen LogP contribution in [0.5, 0.6) is 0 Å². The number of nitrogens with one attached hydrogen (secondary N) is 1. The van der Waals surface area contributed by atoms with Gasteiger partial charge in [0.15, 0.2) is 5.78 Å². The predicted molar refractivity (Wildman–Crippen MR) is 88.0 cm³/mol. The summed E-state index contributed by atoms with van der Waals surface area (Å²) in [5.74, 6) is -0.679. The van der Waals surface area contributed by atoms with Crippen LogP contribution in [0.25, 0.3) is 0 Å². The van der Waals surface area contributed by atoms with Gasteiger partial charge in [0, 0.05) is 25.9 Å². The number of carbonyl (C=O) groups excluding carboxylic acids is 4. The molecule has 7 nitrogen and oxygen atoms in total. The van der Waals surface area contributed by atoms with Crippen molar-refractivity contribution >= 4 is 23.5 Å². The van der Waals surface area contributed by atoms with Crippen molar-refractivity contribution in [2.24, 2.45) is 5.92 Å². The molecule has 2 aliphatic heterocycles. The van der Waals surface area contributed by atoms with Crippen LogP contribution in [-0.2, 0) is 19.2 Å². The number of ketones is 1. The van der Waals surface area contributed by atoms with Crippen LogP contribution in [0.4, 0.5) is 0 Å². The lowest BCUT2D eigenvalue weighted by Gasteiger charge is -2.26. The average molecular weight is 337 g/mol. The molecular weight excluding hydrogens is 310 g/mol. The molecule has 0 spiro atoms. The fourth-order valence-electron chi connectivity index (χ4n) is 3.54. The second kappa shape index (κ2) is 7.77. The van der Waals surface area contributed by atoms with Crippen LogP contribution in [0.3, 0.4) is 0 Å². The smallest absolute Gasteiger partial charge is 0.243 e. The molecule has 134 valence electrons. The third kappa shape index (κ3) is 3.94. The SMILES string of the molecule is CC(=O)N1CCC[C@H]1C(=O)NCC(=O)N1CCC[C@H]1C(=O)C(C)C. The van der Waals surface area contributed by atoms with Gasteiger partial charge in [-0.05, 0) is 25.7 Å². The molecule has 2 atom stereocenters. The summed E-state index contributed by atoms with van der Waals surface area (Å²) in [6, 6.07) is -0.850. The molecule has 7 heteroatoms. The van der Waals surface area contributed by atoms with Crippen LogP contribution in [0.1, 0.15) is 46.5 Å². The van der Waals surface area contributed by atoms with Gasteiger partial charge in [0.2, 0.25) is 17.7 Å². The van der Waals surface area contributed by atoms with E-state index in [-0.39, 0.29) is 42.0 Å². The van der Waals surface area contributed by atoms with Gasteiger partial charge >= 0.3 is 0 Å². The molecule has 24 heavy (non-hydrogen) atoms. The lowest BCUT2D eigenvalue weighted by Crippen LogP contribution is -2.50. The van der Waals surface area contributed by atoms with Gasteiger partial charge in [-0.15, -0.1) is 0 Å². The molecule has 0 radical (unpaired) electrons. The fraction of sp³-hybridized carbons (Fsp3) is 0.765. The van der Waals surface area contributed by atoms with Crippen molar-refractivity contribution in [1.82, 2.24) is 15.1 Å². The Kier molecular flexibility index (Phi) is 5.96. The highest BCUT2D eigenvalue weighted by molar-refractivity contribution is 5.93. The number of hydrogen-bond donors (Lipinski definition) is 1. The summed E-state index contributed by atoms with van der Waals surface area (Å²) in [5.41, 5.74) is 0. The van der Waals surface area contributed by atoms with Gasteiger partial charge in [-0.25, -0.2) is 0 Å². The average Bonchev–Trinajstić information content (AvgIpc) is 3.19. The van der Waals surface area contributed by atoms with Crippen molar-refractivity contribution in [1.29, 1.82) is 0 Å². The van der Waals surface area contributed by atoms with Gasteiger partial charge < -0.3 is 15.1 Å². The Hall–Kier alpha value is -1.92. The van der Waals surface area contributed by atoms with Gasteiger partial charge in [0.25, 0.3) is 0 Å². The lowest BCUT2D eigenvalue weighted by molar-refractivity contribution is -0.140. The normalized spacial score (nSPS) is 23.7. The Bertz CT molecular complexity index is 532. The molecule has 0 bridgehead atoms. The van der Waals surface area contributed by atoms with E-state index in [1.165, 1.54) is 6.92 Å². The van der Waals surface area contributed by atoms with Crippen molar-refractivity contribution in [3.8, 4) is 0 Å². The number of Topliss-reactive ketones (excluding diaryl/α,β-unsaturated/α-hetero) is 1. The minimum Gasteiger partial charge on any atom is -0.345 e. The number of amides is 3. The van der Waals surface area contributed by atoms with E-state index in [0.29, 0.717) is 25.9 Å². The van der Waals surface area contributed by atoms with Crippen molar-refractivity contribution in [3.63, 3.8) is 0 Å². The first-order chi connectivity index (χ1) is 11.3. The third-order valence-electron chi connectivity index (χ3n) is 4.84. The second-order valence-electron chi connectivity index (χ2n) is 6.89. The van der Waals surface area contributed by atoms with Crippen molar-refractivity contribution in [3.05, 3.63) is 0 Å². The van der Waals surface area contributed by atoms with E-state index >= 15 is 0 Å². The number of nitrogens with zero attached hydrogens (tertiary/aromatic N) is 2. The minimum atomic E-state index is -0.484. The van der Waals surface area contributed by atoms with Gasteiger partial charge in [0.05, 0.1) is 12.6 Å². The first-order valence-electron chi connectivity index (χ1n) is 8.71. The molecule has 0 aromatic carbocycles. The molecule has 2 fully saturated rings. The van der Waals surface area contributed by atoms with E-state index in [4.69, 9.17) is 0 Å². The van der Waals surface area contributed by atoms with Gasteiger partial charge in [-0.3, -0.25) is 19.2 Å². The Balaban J connectivity index is 1.89. The molecule has 2 saturated heterocycles. The summed E-state index contributed by atoms with van der Waals surface area (Å²) in [6.45, 7) is 6.13. The summed E-state index contributed by atoms with van der Waals surface area (Å²) >= 11 is 0. The molecule has 0 aromatic rings. The first kappa shape index (κ1) is 18.4. The highest BCUT2D eigenvalue weighted by Crippen LogP contribution is 2.21. The standard InChI is InChI=1S/C17H27N3O4/c1-11(2)16(23)13-6-4-9-20(13)15(22)10-18-17(24)14-7-5-8-19(14)12(3)21/h11,13-14H,4-10H2,1-3H3,(H,18,24)/t13-,14-/m0/s1. The maximum absolute atomic E-state index is 12.4. The largest absolute Gasteiger partial charge is 0.345 e. The van der Waals surface area contributed by atoms with Crippen LogP contribution in [-0.4, -0.2) is 65.0 Å². The Labute approximate surface area is 142 Å². The summed E-state index contributed by atoms with van der Waals surface area (Å²) in [7, 11) is 0. The zero-order chi connectivity index (χ0) is 17.9. The number of hydrogen-bond acceptors (Lipinski definition) is 4. The molecule has 3 amide bonds. The first-order valence-corrected chi connectivity index (χ1v) is 8.71. The topological polar surface area (TPSA) is 86.8 Å². The summed E-state index contributed by atoms with van der Waals surface area (Å²) in [6.07, 6.45) is 2.92. The maximum atomic E-state index is 12.4. The number of likely N-dealkylation sites (tertiary alicyclic amines) is 2. The van der Waals surface area contributed by atoms with Crippen LogP contribution in [0, 0.1) is 5.92 Å². The highest BCUT2D eigenvalue weighted by atomic mass is 16.2. The maximum Gasteiger partial charge on any atom is 0.243 e. The van der Waals surface area contributed by atoms with E-state index in [0.717, 1.165) is 12.8 Å². The molecular formula is C17H27N3O4. The van der Waals surface area contributed by atoms with Crippen LogP contribution in [0.15, 0.2) is 0 Å². The molecule has 2 heterocycles. The molecule has 0 aromatic heterocycles. The molecule has 0 aliphatic carbocycles. The Morgan fingerprint density at radius 2 is 1.58 bits per heavy atom. The molecule has 0 unspecified atom stereocenters. The minimum absolute atomic E-state index is 0.0747. The van der Waals surface area contributed by atoms with Crippen molar-refractivity contribution in [2.75, 3.05) is 19.6 Å². The van der Waals surface area contributed by atoms with E-state index in [1.54, 1.807) is 9.80 Å². The van der Waals surface area contributed by atoms with Gasteiger partial charge in [0.1, 0.15) is 6.04 Å². The summed E-state index contributed by atoms with van der Waals surface area (Å²) < 4.78 is 0. The van der Waals surface area contributed by atoms with E-state index < -0.39 is 6.04 Å². The monoisotopic (exact) mass is 337 g/mol. The number of rotatable bonds is 5. The van der Waals surface area contributed by atoms with Crippen LogP contribution < -0.4 is 5.32 Å². The van der Waals surface area contributed by atoms with Crippen molar-refractivity contribution in [2.45, 2.75) is 58.5 Å². The summed E-state index contributed by atoms with van der Waals surface area (Å²) in [5, 5.41) is 2.64. The fourth-order valence-corrected chi connectivity index (χ4v) is 3.54. The molecule has 1 N–H and O–H groups in total. The van der Waals surface area contributed by atoms with Crippen LogP contribution in [0.2, 0.25) is 0 Å². The van der Waals surface area contributed by atoms with Crippen LogP contribution >= 0.6 is 0 Å². The van der Waals surface area contributed by atoms with Gasteiger partial charge in [-0.2, -0.15) is 0 Å². The number of carbonyl (C=O) groups is 4. The second-order valence-corrected chi connectivity index (χ2v) is 6.89. The highest BCUT2D eigenvalue weighted by Gasteiger charge is 2.36. The zero-order valence-electron chi connectivity index (χ0n) is 14.7. The zero-order valence-corrected chi connectivity index (χ0v) is 14.7.